The average molecular weight is 409 g/mol. The first-order chi connectivity index (χ1) is 14.4. The Morgan fingerprint density at radius 1 is 1.23 bits per heavy atom. The number of fused-ring (bicyclic) bond motifs is 1. The van der Waals surface area contributed by atoms with Crippen molar-refractivity contribution in [3.8, 4) is 0 Å². The van der Waals surface area contributed by atoms with Crippen LogP contribution in [0.2, 0.25) is 0 Å². The minimum atomic E-state index is -0.541. The second-order valence-corrected chi connectivity index (χ2v) is 7.18. The van der Waals surface area contributed by atoms with E-state index in [9.17, 15) is 14.4 Å². The molecule has 0 spiro atoms. The molecule has 0 unspecified atom stereocenters. The Morgan fingerprint density at radius 2 is 2.03 bits per heavy atom. The normalized spacial score (nSPS) is 10.9. The molecule has 3 aromatic rings. The fourth-order valence-corrected chi connectivity index (χ4v) is 3.42. The smallest absolute Gasteiger partial charge is 0.329 e. The number of H-pyrrole nitrogens is 1. The Balaban J connectivity index is 1.74. The Morgan fingerprint density at radius 3 is 2.73 bits per heavy atom. The molecule has 0 saturated heterocycles. The summed E-state index contributed by atoms with van der Waals surface area (Å²) < 4.78 is 1.42. The van der Waals surface area contributed by atoms with Crippen molar-refractivity contribution in [3.05, 3.63) is 68.5 Å². The molecule has 30 heavy (non-hydrogen) atoms. The maximum atomic E-state index is 12.6. The largest absolute Gasteiger partial charge is 0.370 e. The Labute approximate surface area is 174 Å². The summed E-state index contributed by atoms with van der Waals surface area (Å²) >= 11 is 0. The highest BCUT2D eigenvalue weighted by Crippen LogP contribution is 2.15. The summed E-state index contributed by atoms with van der Waals surface area (Å²) in [5, 5.41) is 3.11. The van der Waals surface area contributed by atoms with Gasteiger partial charge < -0.3 is 10.2 Å². The number of aromatic nitrogens is 3. The second kappa shape index (κ2) is 9.39. The van der Waals surface area contributed by atoms with Gasteiger partial charge in [-0.15, -0.1) is 0 Å². The monoisotopic (exact) mass is 409 g/mol. The lowest BCUT2D eigenvalue weighted by molar-refractivity contribution is 0.0954. The molecule has 2 aromatic heterocycles. The van der Waals surface area contributed by atoms with E-state index in [0.29, 0.717) is 25.3 Å². The van der Waals surface area contributed by atoms with Gasteiger partial charge in [-0.25, -0.2) is 9.78 Å². The summed E-state index contributed by atoms with van der Waals surface area (Å²) in [5.41, 5.74) is 1.84. The molecular formula is C22H27N5O3. The van der Waals surface area contributed by atoms with Crippen LogP contribution < -0.4 is 21.5 Å². The molecule has 0 aliphatic heterocycles. The van der Waals surface area contributed by atoms with Gasteiger partial charge in [0.15, 0.2) is 0 Å². The van der Waals surface area contributed by atoms with E-state index in [4.69, 9.17) is 0 Å². The summed E-state index contributed by atoms with van der Waals surface area (Å²) in [6, 6.07) is 9.71. The van der Waals surface area contributed by atoms with Gasteiger partial charge in [0.1, 0.15) is 5.65 Å². The molecule has 8 heteroatoms. The van der Waals surface area contributed by atoms with Crippen LogP contribution in [0.15, 0.2) is 46.1 Å². The van der Waals surface area contributed by atoms with E-state index in [0.717, 1.165) is 18.7 Å². The van der Waals surface area contributed by atoms with Crippen LogP contribution >= 0.6 is 0 Å². The summed E-state index contributed by atoms with van der Waals surface area (Å²) in [5.74, 6) is -0.308. The molecule has 2 N–H and O–H groups in total. The van der Waals surface area contributed by atoms with E-state index in [1.807, 2.05) is 32.0 Å². The Bertz CT molecular complexity index is 1170. The van der Waals surface area contributed by atoms with Crippen LogP contribution in [-0.2, 0) is 6.54 Å². The fraction of sp³-hybridized carbons (Fsp3) is 0.364. The highest BCUT2D eigenvalue weighted by atomic mass is 16.2. The number of carbonyl (C=O) groups is 1. The highest BCUT2D eigenvalue weighted by molar-refractivity contribution is 5.96. The lowest BCUT2D eigenvalue weighted by Gasteiger charge is -2.23. The zero-order valence-electron chi connectivity index (χ0n) is 17.6. The van der Waals surface area contributed by atoms with E-state index in [1.165, 1.54) is 22.4 Å². The van der Waals surface area contributed by atoms with Crippen molar-refractivity contribution in [1.82, 2.24) is 19.9 Å². The molecule has 1 amide bonds. The average Bonchev–Trinajstić information content (AvgIpc) is 2.73. The Hall–Kier alpha value is -3.42. The molecule has 2 heterocycles. The first kappa shape index (κ1) is 21.3. The minimum absolute atomic E-state index is 0.227. The van der Waals surface area contributed by atoms with Crippen LogP contribution in [0, 0.1) is 6.92 Å². The fourth-order valence-electron chi connectivity index (χ4n) is 3.42. The quantitative estimate of drug-likeness (QED) is 0.593. The third-order valence-electron chi connectivity index (χ3n) is 4.96. The zero-order valence-corrected chi connectivity index (χ0v) is 17.6. The summed E-state index contributed by atoms with van der Waals surface area (Å²) in [6.45, 7) is 8.42. The summed E-state index contributed by atoms with van der Waals surface area (Å²) in [7, 11) is 0. The van der Waals surface area contributed by atoms with Crippen molar-refractivity contribution >= 4 is 22.6 Å². The van der Waals surface area contributed by atoms with Crippen molar-refractivity contribution < 1.29 is 4.79 Å². The van der Waals surface area contributed by atoms with E-state index in [1.54, 1.807) is 0 Å². The zero-order chi connectivity index (χ0) is 21.7. The molecule has 0 atom stereocenters. The third-order valence-corrected chi connectivity index (χ3v) is 4.96. The van der Waals surface area contributed by atoms with Crippen LogP contribution in [0.3, 0.4) is 0 Å². The molecule has 0 fully saturated rings. The van der Waals surface area contributed by atoms with Gasteiger partial charge >= 0.3 is 5.69 Å². The minimum Gasteiger partial charge on any atom is -0.370 e. The van der Waals surface area contributed by atoms with E-state index < -0.39 is 11.2 Å². The Kier molecular flexibility index (Phi) is 6.66. The number of hydrogen-bond acceptors (Lipinski definition) is 5. The number of pyridine rings is 1. The van der Waals surface area contributed by atoms with Gasteiger partial charge in [0.2, 0.25) is 0 Å². The van der Waals surface area contributed by atoms with Crippen molar-refractivity contribution in [2.45, 2.75) is 33.7 Å². The number of benzene rings is 1. The number of hydrogen-bond donors (Lipinski definition) is 2. The maximum Gasteiger partial charge on any atom is 0.329 e. The number of aromatic amines is 1. The number of amides is 1. The van der Waals surface area contributed by atoms with Gasteiger partial charge in [-0.1, -0.05) is 19.1 Å². The van der Waals surface area contributed by atoms with Crippen molar-refractivity contribution in [2.75, 3.05) is 24.5 Å². The predicted molar refractivity (Wildman–Crippen MR) is 118 cm³/mol. The van der Waals surface area contributed by atoms with Gasteiger partial charge in [-0.2, -0.15) is 0 Å². The number of anilines is 1. The summed E-state index contributed by atoms with van der Waals surface area (Å²) in [6.07, 6.45) is 2.13. The molecule has 0 saturated carbocycles. The second-order valence-electron chi connectivity index (χ2n) is 7.18. The van der Waals surface area contributed by atoms with E-state index >= 15 is 0 Å². The number of likely N-dealkylation sites (N-methyl/N-ethyl adjacent to an activating group) is 1. The standard InChI is InChI=1S/C22H27N5O3/c1-4-10-27-19-18(21(29)25-22(27)30)13-16(14-24-19)20(28)23-9-11-26(5-2)17-8-6-7-15(3)12-17/h6-8,12-14H,4-5,9-11H2,1-3H3,(H,23,28)(H,25,29,30). The molecule has 8 nitrogen and oxygen atoms in total. The van der Waals surface area contributed by atoms with Crippen molar-refractivity contribution in [3.63, 3.8) is 0 Å². The molecule has 1 aromatic carbocycles. The van der Waals surface area contributed by atoms with Gasteiger partial charge in [-0.05, 0) is 44.0 Å². The molecule has 3 rings (SSSR count). The predicted octanol–water partition coefficient (Wildman–Crippen LogP) is 2.06. The number of nitrogens with zero attached hydrogens (tertiary/aromatic N) is 3. The van der Waals surface area contributed by atoms with E-state index in [2.05, 4.69) is 33.2 Å². The van der Waals surface area contributed by atoms with Crippen molar-refractivity contribution in [2.24, 2.45) is 0 Å². The van der Waals surface area contributed by atoms with Crippen LogP contribution in [0.1, 0.15) is 36.2 Å². The number of aryl methyl sites for hydroxylation is 2. The lowest BCUT2D eigenvalue weighted by Crippen LogP contribution is -2.35. The van der Waals surface area contributed by atoms with Crippen LogP contribution in [0.25, 0.3) is 11.0 Å². The van der Waals surface area contributed by atoms with Gasteiger partial charge in [0.05, 0.1) is 10.9 Å². The molecular weight excluding hydrogens is 382 g/mol. The first-order valence-corrected chi connectivity index (χ1v) is 10.2. The van der Waals surface area contributed by atoms with E-state index in [-0.39, 0.29) is 16.9 Å². The SMILES string of the molecule is CCCn1c(=O)[nH]c(=O)c2cc(C(=O)NCCN(CC)c3cccc(C)c3)cnc21. The summed E-state index contributed by atoms with van der Waals surface area (Å²) in [4.78, 5) is 45.5. The highest BCUT2D eigenvalue weighted by Gasteiger charge is 2.13. The molecule has 0 radical (unpaired) electrons. The first-order valence-electron chi connectivity index (χ1n) is 10.2. The molecule has 0 bridgehead atoms. The molecule has 0 aliphatic carbocycles. The van der Waals surface area contributed by atoms with Crippen LogP contribution in [-0.4, -0.2) is 40.1 Å². The van der Waals surface area contributed by atoms with Crippen molar-refractivity contribution in [1.29, 1.82) is 0 Å². The van der Waals surface area contributed by atoms with Gasteiger partial charge in [0.25, 0.3) is 11.5 Å². The number of carbonyl (C=O) groups excluding carboxylic acids is 1. The molecule has 158 valence electrons. The van der Waals surface area contributed by atoms with Gasteiger partial charge in [0, 0.05) is 38.1 Å². The lowest BCUT2D eigenvalue weighted by atomic mass is 10.2. The van der Waals surface area contributed by atoms with Crippen LogP contribution in [0.5, 0.6) is 0 Å². The molecule has 0 aliphatic rings. The van der Waals surface area contributed by atoms with Gasteiger partial charge in [-0.3, -0.25) is 19.1 Å². The topological polar surface area (TPSA) is 100 Å². The third kappa shape index (κ3) is 4.59. The maximum absolute atomic E-state index is 12.6. The van der Waals surface area contributed by atoms with Crippen LogP contribution in [0.4, 0.5) is 5.69 Å². The number of rotatable bonds is 8. The number of nitrogens with one attached hydrogen (secondary N) is 2.